The Morgan fingerprint density at radius 3 is 2.25 bits per heavy atom. The molecule has 20 heavy (non-hydrogen) atoms. The van der Waals surface area contributed by atoms with Gasteiger partial charge in [0.2, 0.25) is 0 Å². The van der Waals surface area contributed by atoms with Crippen LogP contribution in [0.15, 0.2) is 54.6 Å². The summed E-state index contributed by atoms with van der Waals surface area (Å²) in [4.78, 5) is 11.8. The average Bonchev–Trinajstić information content (AvgIpc) is 2.46. The number of rotatable bonds is 6. The van der Waals surface area contributed by atoms with E-state index in [1.165, 1.54) is 5.56 Å². The molecule has 0 aromatic heterocycles. The van der Waals surface area contributed by atoms with Gasteiger partial charge in [-0.05, 0) is 29.2 Å². The molecule has 2 heteroatoms. The molecule has 0 saturated carbocycles. The van der Waals surface area contributed by atoms with E-state index >= 15 is 0 Å². The summed E-state index contributed by atoms with van der Waals surface area (Å²) in [5.74, 6) is 1.34. The molecule has 0 heterocycles. The van der Waals surface area contributed by atoms with Crippen molar-refractivity contribution in [3.05, 3.63) is 65.7 Å². The van der Waals surface area contributed by atoms with Crippen molar-refractivity contribution in [3.63, 3.8) is 0 Å². The van der Waals surface area contributed by atoms with Crippen molar-refractivity contribution in [3.8, 4) is 5.75 Å². The Labute approximate surface area is 120 Å². The molecule has 2 aromatic rings. The Morgan fingerprint density at radius 1 is 1.00 bits per heavy atom. The standard InChI is InChI=1S/C18H20O2/c1-14(2)16-8-10-18(11-9-16)20-13-17(19)12-15-6-4-3-5-7-15/h3-11,14H,12-13H2,1-2H3. The maximum atomic E-state index is 11.8. The SMILES string of the molecule is CC(C)c1ccc(OCC(=O)Cc2ccccc2)cc1. The zero-order chi connectivity index (χ0) is 14.4. The van der Waals surface area contributed by atoms with Crippen LogP contribution < -0.4 is 4.74 Å². The van der Waals surface area contributed by atoms with Gasteiger partial charge < -0.3 is 4.74 Å². The zero-order valence-corrected chi connectivity index (χ0v) is 12.0. The van der Waals surface area contributed by atoms with Gasteiger partial charge in [0.05, 0.1) is 0 Å². The van der Waals surface area contributed by atoms with Gasteiger partial charge in [0, 0.05) is 6.42 Å². The van der Waals surface area contributed by atoms with Gasteiger partial charge in [0.1, 0.15) is 12.4 Å². The number of carbonyl (C=O) groups is 1. The first-order valence-corrected chi connectivity index (χ1v) is 6.93. The Hall–Kier alpha value is -2.09. The maximum absolute atomic E-state index is 11.8. The molecule has 2 rings (SSSR count). The first kappa shape index (κ1) is 14.3. The lowest BCUT2D eigenvalue weighted by atomic mass is 10.0. The van der Waals surface area contributed by atoms with Crippen LogP contribution in [-0.4, -0.2) is 12.4 Å². The summed E-state index contributed by atoms with van der Waals surface area (Å²) in [5.41, 5.74) is 2.30. The molecular formula is C18H20O2. The van der Waals surface area contributed by atoms with E-state index in [0.717, 1.165) is 11.3 Å². The molecule has 0 saturated heterocycles. The normalized spacial score (nSPS) is 10.6. The lowest BCUT2D eigenvalue weighted by Gasteiger charge is -2.08. The lowest BCUT2D eigenvalue weighted by molar-refractivity contribution is -0.120. The fourth-order valence-corrected chi connectivity index (χ4v) is 1.99. The molecule has 0 fully saturated rings. The van der Waals surface area contributed by atoms with E-state index in [-0.39, 0.29) is 12.4 Å². The monoisotopic (exact) mass is 268 g/mol. The Morgan fingerprint density at radius 2 is 1.65 bits per heavy atom. The fourth-order valence-electron chi connectivity index (χ4n) is 1.99. The largest absolute Gasteiger partial charge is 0.486 e. The number of benzene rings is 2. The third-order valence-corrected chi connectivity index (χ3v) is 3.19. The van der Waals surface area contributed by atoms with Crippen LogP contribution in [0.4, 0.5) is 0 Å². The predicted molar refractivity (Wildman–Crippen MR) is 81.2 cm³/mol. The summed E-state index contributed by atoms with van der Waals surface area (Å²) < 4.78 is 5.53. The van der Waals surface area contributed by atoms with Crippen molar-refractivity contribution in [2.45, 2.75) is 26.2 Å². The van der Waals surface area contributed by atoms with Crippen molar-refractivity contribution in [2.75, 3.05) is 6.61 Å². The minimum Gasteiger partial charge on any atom is -0.486 e. The second-order valence-corrected chi connectivity index (χ2v) is 5.21. The van der Waals surface area contributed by atoms with Crippen LogP contribution in [-0.2, 0) is 11.2 Å². The zero-order valence-electron chi connectivity index (χ0n) is 12.0. The Bertz CT molecular complexity index is 541. The van der Waals surface area contributed by atoms with Gasteiger partial charge in [-0.2, -0.15) is 0 Å². The van der Waals surface area contributed by atoms with Crippen LogP contribution in [0.1, 0.15) is 30.9 Å². The highest BCUT2D eigenvalue weighted by molar-refractivity contribution is 5.82. The highest BCUT2D eigenvalue weighted by Crippen LogP contribution is 2.18. The van der Waals surface area contributed by atoms with Crippen molar-refractivity contribution >= 4 is 5.78 Å². The maximum Gasteiger partial charge on any atom is 0.174 e. The molecule has 2 nitrogen and oxygen atoms in total. The minimum absolute atomic E-state index is 0.0872. The van der Waals surface area contributed by atoms with Gasteiger partial charge >= 0.3 is 0 Å². The van der Waals surface area contributed by atoms with Gasteiger partial charge in [0.15, 0.2) is 5.78 Å². The number of ether oxygens (including phenoxy) is 1. The van der Waals surface area contributed by atoms with Gasteiger partial charge in [-0.3, -0.25) is 4.79 Å². The topological polar surface area (TPSA) is 26.3 Å². The van der Waals surface area contributed by atoms with E-state index in [1.54, 1.807) is 0 Å². The smallest absolute Gasteiger partial charge is 0.174 e. The highest BCUT2D eigenvalue weighted by Gasteiger charge is 2.05. The van der Waals surface area contributed by atoms with E-state index in [2.05, 4.69) is 13.8 Å². The highest BCUT2D eigenvalue weighted by atomic mass is 16.5. The number of hydrogen-bond acceptors (Lipinski definition) is 2. The van der Waals surface area contributed by atoms with Crippen molar-refractivity contribution in [1.29, 1.82) is 0 Å². The molecule has 2 aromatic carbocycles. The van der Waals surface area contributed by atoms with Crippen LogP contribution in [0.25, 0.3) is 0 Å². The van der Waals surface area contributed by atoms with Crippen LogP contribution in [0.3, 0.4) is 0 Å². The number of carbonyl (C=O) groups excluding carboxylic acids is 1. The number of hydrogen-bond donors (Lipinski definition) is 0. The predicted octanol–water partition coefficient (Wildman–Crippen LogP) is 4.00. The lowest BCUT2D eigenvalue weighted by Crippen LogP contribution is -2.13. The fraction of sp³-hybridized carbons (Fsp3) is 0.278. The summed E-state index contributed by atoms with van der Waals surface area (Å²) in [5, 5.41) is 0. The second-order valence-electron chi connectivity index (χ2n) is 5.21. The molecule has 0 radical (unpaired) electrons. The van der Waals surface area contributed by atoms with E-state index in [9.17, 15) is 4.79 Å². The molecule has 0 amide bonds. The average molecular weight is 268 g/mol. The van der Waals surface area contributed by atoms with Gasteiger partial charge in [-0.15, -0.1) is 0 Å². The van der Waals surface area contributed by atoms with Crippen molar-refractivity contribution in [1.82, 2.24) is 0 Å². The second kappa shape index (κ2) is 6.90. The van der Waals surface area contributed by atoms with Crippen LogP contribution >= 0.6 is 0 Å². The van der Waals surface area contributed by atoms with E-state index in [0.29, 0.717) is 12.3 Å². The number of Topliss-reactive ketones (excluding diaryl/α,β-unsaturated/α-hetero) is 1. The summed E-state index contributed by atoms with van der Waals surface area (Å²) in [7, 11) is 0. The van der Waals surface area contributed by atoms with Gasteiger partial charge in [0.25, 0.3) is 0 Å². The van der Waals surface area contributed by atoms with Gasteiger partial charge in [-0.25, -0.2) is 0 Å². The first-order valence-electron chi connectivity index (χ1n) is 6.93. The van der Waals surface area contributed by atoms with Crippen molar-refractivity contribution < 1.29 is 9.53 Å². The van der Waals surface area contributed by atoms with E-state index < -0.39 is 0 Å². The minimum atomic E-state index is 0.0872. The van der Waals surface area contributed by atoms with E-state index in [1.807, 2.05) is 54.6 Å². The third-order valence-electron chi connectivity index (χ3n) is 3.19. The molecule has 0 aliphatic heterocycles. The summed E-state index contributed by atoms with van der Waals surface area (Å²) in [6.07, 6.45) is 0.422. The molecule has 0 atom stereocenters. The Kier molecular flexibility index (Phi) is 4.94. The molecule has 0 N–H and O–H groups in total. The van der Waals surface area contributed by atoms with Crippen LogP contribution in [0.5, 0.6) is 5.75 Å². The third kappa shape index (κ3) is 4.23. The van der Waals surface area contributed by atoms with E-state index in [4.69, 9.17) is 4.74 Å². The molecule has 0 aliphatic carbocycles. The molecule has 0 spiro atoms. The summed E-state index contributed by atoms with van der Waals surface area (Å²) >= 11 is 0. The summed E-state index contributed by atoms with van der Waals surface area (Å²) in [6, 6.07) is 17.7. The molecule has 104 valence electrons. The Balaban J connectivity index is 1.84. The summed E-state index contributed by atoms with van der Waals surface area (Å²) in [6.45, 7) is 4.43. The molecule has 0 aliphatic rings. The quantitative estimate of drug-likeness (QED) is 0.791. The van der Waals surface area contributed by atoms with Crippen molar-refractivity contribution in [2.24, 2.45) is 0 Å². The van der Waals surface area contributed by atoms with Crippen LogP contribution in [0, 0.1) is 0 Å². The van der Waals surface area contributed by atoms with Gasteiger partial charge in [-0.1, -0.05) is 56.3 Å². The first-order chi connectivity index (χ1) is 9.65. The van der Waals surface area contributed by atoms with Crippen LogP contribution in [0.2, 0.25) is 0 Å². The molecule has 0 bridgehead atoms. The molecule has 0 unspecified atom stereocenters. The molecular weight excluding hydrogens is 248 g/mol. The number of ketones is 1.